The second-order valence-electron chi connectivity index (χ2n) is 8.14. The van der Waals surface area contributed by atoms with Crippen LogP contribution < -0.4 is 9.47 Å². The normalized spacial score (nSPS) is 11.3. The fourth-order valence-electron chi connectivity index (χ4n) is 3.54. The summed E-state index contributed by atoms with van der Waals surface area (Å²) < 4.78 is 35.5. The minimum Gasteiger partial charge on any atom is -0.490 e. The fourth-order valence-corrected chi connectivity index (χ4v) is 4.57. The van der Waals surface area contributed by atoms with E-state index in [9.17, 15) is 13.2 Å². The van der Waals surface area contributed by atoms with Crippen molar-refractivity contribution in [2.75, 3.05) is 6.61 Å². The topological polar surface area (TPSA) is 69.7 Å². The Kier molecular flexibility index (Phi) is 8.32. The van der Waals surface area contributed by atoms with Crippen molar-refractivity contribution in [2.24, 2.45) is 0 Å². The van der Waals surface area contributed by atoms with Crippen molar-refractivity contribution in [2.45, 2.75) is 17.7 Å². The predicted molar refractivity (Wildman–Crippen MR) is 140 cm³/mol. The third-order valence-corrected chi connectivity index (χ3v) is 6.85. The van der Waals surface area contributed by atoms with Crippen molar-refractivity contribution in [1.82, 2.24) is 0 Å². The van der Waals surface area contributed by atoms with Crippen LogP contribution in [0.2, 0.25) is 0 Å². The van der Waals surface area contributed by atoms with E-state index in [1.165, 1.54) is 11.6 Å². The van der Waals surface area contributed by atoms with E-state index in [4.69, 9.17) is 9.47 Å². The first kappa shape index (κ1) is 24.9. The first-order chi connectivity index (χ1) is 17.5. The van der Waals surface area contributed by atoms with Crippen LogP contribution in [0.4, 0.5) is 0 Å². The van der Waals surface area contributed by atoms with E-state index < -0.39 is 9.84 Å². The van der Waals surface area contributed by atoms with Crippen LogP contribution in [0.5, 0.6) is 11.5 Å². The lowest BCUT2D eigenvalue weighted by Crippen LogP contribution is -2.11. The van der Waals surface area contributed by atoms with Crippen molar-refractivity contribution in [1.29, 1.82) is 0 Å². The summed E-state index contributed by atoms with van der Waals surface area (Å²) in [4.78, 5) is 12.6. The first-order valence-electron chi connectivity index (χ1n) is 11.5. The lowest BCUT2D eigenvalue weighted by Gasteiger charge is -2.07. The van der Waals surface area contributed by atoms with Gasteiger partial charge in [0, 0.05) is 5.41 Å². The molecule has 0 bridgehead atoms. The first-order valence-corrected chi connectivity index (χ1v) is 13.0. The zero-order valence-electron chi connectivity index (χ0n) is 19.6. The molecular formula is C30H26O5S. The Morgan fingerprint density at radius 3 is 1.89 bits per heavy atom. The van der Waals surface area contributed by atoms with Gasteiger partial charge in [-0.25, -0.2) is 8.42 Å². The number of esters is 1. The Morgan fingerprint density at radius 1 is 0.667 bits per heavy atom. The van der Waals surface area contributed by atoms with Gasteiger partial charge in [-0.1, -0.05) is 72.8 Å². The summed E-state index contributed by atoms with van der Waals surface area (Å²) >= 11 is 0. The van der Waals surface area contributed by atoms with Crippen LogP contribution in [0.3, 0.4) is 0 Å². The van der Waals surface area contributed by atoms with E-state index in [1.54, 1.807) is 66.7 Å². The smallest absolute Gasteiger partial charge is 0.315 e. The van der Waals surface area contributed by atoms with E-state index in [0.717, 1.165) is 23.0 Å². The summed E-state index contributed by atoms with van der Waals surface area (Å²) in [5, 5.41) is 1.14. The molecule has 0 heterocycles. The van der Waals surface area contributed by atoms with E-state index in [2.05, 4.69) is 12.1 Å². The van der Waals surface area contributed by atoms with Crippen molar-refractivity contribution in [3.05, 3.63) is 137 Å². The van der Waals surface area contributed by atoms with Gasteiger partial charge in [-0.15, -0.1) is 0 Å². The molecule has 0 unspecified atom stereocenters. The quantitative estimate of drug-likeness (QED) is 0.204. The van der Waals surface area contributed by atoms with Crippen LogP contribution in [0, 0.1) is 0 Å². The third-order valence-electron chi connectivity index (χ3n) is 5.37. The molecule has 0 fully saturated rings. The van der Waals surface area contributed by atoms with E-state index in [0.29, 0.717) is 11.5 Å². The lowest BCUT2D eigenvalue weighted by atomic mass is 10.1. The van der Waals surface area contributed by atoms with Gasteiger partial charge < -0.3 is 9.47 Å². The summed E-state index contributed by atoms with van der Waals surface area (Å²) in [6.45, 7) is 0.105. The molecule has 0 aliphatic heterocycles. The molecule has 182 valence electrons. The number of benzene rings is 4. The van der Waals surface area contributed by atoms with Gasteiger partial charge >= 0.3 is 5.97 Å². The molecule has 4 rings (SSSR count). The third kappa shape index (κ3) is 7.42. The fraction of sp³-hybridized carbons (Fsp3) is 0.100. The maximum atomic E-state index is 12.3. The number of hydrogen-bond donors (Lipinski definition) is 0. The van der Waals surface area contributed by atoms with Crippen molar-refractivity contribution in [3.63, 3.8) is 0 Å². The largest absolute Gasteiger partial charge is 0.490 e. The van der Waals surface area contributed by atoms with Crippen LogP contribution in [-0.4, -0.2) is 21.0 Å². The Morgan fingerprint density at radius 2 is 1.22 bits per heavy atom. The molecule has 36 heavy (non-hydrogen) atoms. The van der Waals surface area contributed by atoms with Gasteiger partial charge in [0.15, 0.2) is 9.84 Å². The maximum absolute atomic E-state index is 12.3. The maximum Gasteiger partial charge on any atom is 0.315 e. The number of carbonyl (C=O) groups is 1. The zero-order chi connectivity index (χ0) is 25.2. The molecular weight excluding hydrogens is 472 g/mol. The molecule has 4 aromatic rings. The van der Waals surface area contributed by atoms with Crippen LogP contribution in [0.25, 0.3) is 0 Å². The molecule has 0 saturated carbocycles. The molecule has 0 spiro atoms. The standard InChI is InChI=1S/C30H26O5S/c31-30(35-28-18-14-25(15-19-28)22-24-8-3-1-4-9-24)23-26-12-16-27(17-13-26)34-20-7-21-36(32,33)29-10-5-2-6-11-29/h1-19,21H,20,22-23H2/b21-7+. The zero-order valence-corrected chi connectivity index (χ0v) is 20.4. The Bertz CT molecular complexity index is 1390. The number of hydrogen-bond acceptors (Lipinski definition) is 5. The second-order valence-corrected chi connectivity index (χ2v) is 9.98. The predicted octanol–water partition coefficient (Wildman–Crippen LogP) is 5.79. The van der Waals surface area contributed by atoms with Crippen LogP contribution >= 0.6 is 0 Å². The highest BCUT2D eigenvalue weighted by Gasteiger charge is 2.09. The summed E-state index contributed by atoms with van der Waals surface area (Å²) in [5.41, 5.74) is 3.15. The van der Waals surface area contributed by atoms with Gasteiger partial charge in [-0.2, -0.15) is 0 Å². The summed E-state index contributed by atoms with van der Waals surface area (Å²) in [7, 11) is -3.49. The molecule has 5 nitrogen and oxygen atoms in total. The molecule has 0 N–H and O–H groups in total. The molecule has 0 radical (unpaired) electrons. The van der Waals surface area contributed by atoms with E-state index >= 15 is 0 Å². The molecule has 0 aliphatic rings. The van der Waals surface area contributed by atoms with E-state index in [1.807, 2.05) is 30.3 Å². The number of sulfone groups is 1. The van der Waals surface area contributed by atoms with Gasteiger partial charge in [0.2, 0.25) is 0 Å². The highest BCUT2D eigenvalue weighted by atomic mass is 32.2. The van der Waals surface area contributed by atoms with Crippen LogP contribution in [0.15, 0.2) is 126 Å². The minimum absolute atomic E-state index is 0.105. The molecule has 6 heteroatoms. The number of rotatable bonds is 10. The van der Waals surface area contributed by atoms with Gasteiger partial charge in [-0.05, 0) is 65.6 Å². The van der Waals surface area contributed by atoms with Crippen LogP contribution in [-0.2, 0) is 27.5 Å². The van der Waals surface area contributed by atoms with Gasteiger partial charge in [0.05, 0.1) is 11.3 Å². The lowest BCUT2D eigenvalue weighted by molar-refractivity contribution is -0.133. The van der Waals surface area contributed by atoms with Crippen LogP contribution in [0.1, 0.15) is 16.7 Å². The highest BCUT2D eigenvalue weighted by molar-refractivity contribution is 7.94. The number of carbonyl (C=O) groups excluding carboxylic acids is 1. The van der Waals surface area contributed by atoms with Gasteiger partial charge in [-0.3, -0.25) is 4.79 Å². The van der Waals surface area contributed by atoms with Crippen molar-refractivity contribution < 1.29 is 22.7 Å². The molecule has 0 aliphatic carbocycles. The molecule has 0 amide bonds. The summed E-state index contributed by atoms with van der Waals surface area (Å²) in [5.74, 6) is 0.727. The van der Waals surface area contributed by atoms with Gasteiger partial charge in [0.1, 0.15) is 18.1 Å². The Hall–Kier alpha value is -4.16. The monoisotopic (exact) mass is 498 g/mol. The van der Waals surface area contributed by atoms with Crippen molar-refractivity contribution >= 4 is 15.8 Å². The summed E-state index contributed by atoms with van der Waals surface area (Å²) in [6.07, 6.45) is 2.40. The minimum atomic E-state index is -3.49. The average molecular weight is 499 g/mol. The average Bonchev–Trinajstić information content (AvgIpc) is 2.90. The highest BCUT2D eigenvalue weighted by Crippen LogP contribution is 2.18. The molecule has 0 atom stereocenters. The molecule has 0 aromatic heterocycles. The van der Waals surface area contributed by atoms with E-state index in [-0.39, 0.29) is 23.9 Å². The Labute approximate surface area is 211 Å². The molecule has 0 saturated heterocycles. The second kappa shape index (κ2) is 12.0. The van der Waals surface area contributed by atoms with Crippen molar-refractivity contribution in [3.8, 4) is 11.5 Å². The Balaban J connectivity index is 1.23. The molecule has 4 aromatic carbocycles. The SMILES string of the molecule is O=C(Cc1ccc(OC/C=C/S(=O)(=O)c2ccccc2)cc1)Oc1ccc(Cc2ccccc2)cc1. The van der Waals surface area contributed by atoms with Gasteiger partial charge in [0.25, 0.3) is 0 Å². The summed E-state index contributed by atoms with van der Waals surface area (Å²) in [6, 6.07) is 33.0. The number of ether oxygens (including phenoxy) is 2.